The molecule has 2 aromatic carbocycles. The van der Waals surface area contributed by atoms with E-state index in [2.05, 4.69) is 10.0 Å². The molecule has 0 radical (unpaired) electrons. The number of nitrogens with one attached hydrogen (secondary N) is 2. The van der Waals surface area contributed by atoms with Gasteiger partial charge in [0.2, 0.25) is 0 Å². The number of aryl methyl sites for hydroxylation is 1. The topological polar surface area (TPSA) is 75.3 Å². The van der Waals surface area contributed by atoms with Crippen LogP contribution in [0.25, 0.3) is 0 Å². The van der Waals surface area contributed by atoms with Gasteiger partial charge in [-0.25, -0.2) is 8.42 Å². The van der Waals surface area contributed by atoms with E-state index in [1.54, 1.807) is 24.3 Å². The summed E-state index contributed by atoms with van der Waals surface area (Å²) in [6.45, 7) is 1.97. The fourth-order valence-corrected chi connectivity index (χ4v) is 4.42. The van der Waals surface area contributed by atoms with Crippen molar-refractivity contribution in [1.82, 2.24) is 5.32 Å². The summed E-state index contributed by atoms with van der Waals surface area (Å²) in [5, 5.41) is 2.99. The van der Waals surface area contributed by atoms with E-state index in [-0.39, 0.29) is 16.8 Å². The molecule has 0 atom stereocenters. The molecule has 1 aliphatic rings. The van der Waals surface area contributed by atoms with E-state index in [0.717, 1.165) is 37.7 Å². The second-order valence-electron chi connectivity index (χ2n) is 6.60. The number of carbonyl (C=O) groups is 1. The Labute approximate surface area is 154 Å². The molecule has 6 heteroatoms. The van der Waals surface area contributed by atoms with Crippen LogP contribution in [0.15, 0.2) is 53.4 Å². The highest BCUT2D eigenvalue weighted by atomic mass is 32.2. The highest BCUT2D eigenvalue weighted by Crippen LogP contribution is 2.22. The molecule has 0 aromatic heterocycles. The van der Waals surface area contributed by atoms with Gasteiger partial charge in [0.05, 0.1) is 10.6 Å². The van der Waals surface area contributed by atoms with Crippen molar-refractivity contribution < 1.29 is 13.2 Å². The standard InChI is InChI=1S/C20H24N2O3S/c1-2-15-8-3-6-13-19(15)22-26(24,25)18-12-7-9-16(14-18)20(23)21-17-10-4-5-11-17/h3,6-9,12-14,17,22H,2,4-5,10-11H2,1H3,(H,21,23). The molecule has 1 saturated carbocycles. The van der Waals surface area contributed by atoms with Crippen LogP contribution in [0.5, 0.6) is 0 Å². The lowest BCUT2D eigenvalue weighted by molar-refractivity contribution is 0.0937. The Morgan fingerprint density at radius 2 is 1.81 bits per heavy atom. The van der Waals surface area contributed by atoms with E-state index >= 15 is 0 Å². The van der Waals surface area contributed by atoms with Gasteiger partial charge in [-0.3, -0.25) is 9.52 Å². The number of anilines is 1. The van der Waals surface area contributed by atoms with Crippen molar-refractivity contribution >= 4 is 21.6 Å². The van der Waals surface area contributed by atoms with Crippen LogP contribution >= 0.6 is 0 Å². The van der Waals surface area contributed by atoms with E-state index in [1.165, 1.54) is 12.1 Å². The van der Waals surface area contributed by atoms with Gasteiger partial charge in [0, 0.05) is 11.6 Å². The van der Waals surface area contributed by atoms with Gasteiger partial charge in [-0.05, 0) is 49.1 Å². The largest absolute Gasteiger partial charge is 0.349 e. The number of para-hydroxylation sites is 1. The molecule has 1 fully saturated rings. The molecule has 2 aromatic rings. The highest BCUT2D eigenvalue weighted by Gasteiger charge is 2.20. The Bertz CT molecular complexity index is 887. The fourth-order valence-electron chi connectivity index (χ4n) is 3.28. The third-order valence-electron chi connectivity index (χ3n) is 4.74. The van der Waals surface area contributed by atoms with Gasteiger partial charge in [-0.1, -0.05) is 44.0 Å². The molecule has 0 saturated heterocycles. The van der Waals surface area contributed by atoms with Crippen molar-refractivity contribution in [2.24, 2.45) is 0 Å². The first kappa shape index (κ1) is 18.5. The number of amides is 1. The normalized spacial score (nSPS) is 15.0. The summed E-state index contributed by atoms with van der Waals surface area (Å²) in [4.78, 5) is 12.5. The molecule has 138 valence electrons. The van der Waals surface area contributed by atoms with Crippen molar-refractivity contribution in [2.45, 2.75) is 50.0 Å². The second-order valence-corrected chi connectivity index (χ2v) is 8.28. The van der Waals surface area contributed by atoms with Gasteiger partial charge < -0.3 is 5.32 Å². The van der Waals surface area contributed by atoms with Crippen LogP contribution in [-0.2, 0) is 16.4 Å². The van der Waals surface area contributed by atoms with Crippen molar-refractivity contribution in [3.05, 3.63) is 59.7 Å². The van der Waals surface area contributed by atoms with Crippen LogP contribution in [0, 0.1) is 0 Å². The molecular weight excluding hydrogens is 348 g/mol. The van der Waals surface area contributed by atoms with E-state index in [4.69, 9.17) is 0 Å². The van der Waals surface area contributed by atoms with Gasteiger partial charge in [-0.2, -0.15) is 0 Å². The number of sulfonamides is 1. The minimum atomic E-state index is -3.76. The predicted molar refractivity (Wildman–Crippen MR) is 103 cm³/mol. The van der Waals surface area contributed by atoms with Crippen LogP contribution in [0.2, 0.25) is 0 Å². The minimum Gasteiger partial charge on any atom is -0.349 e. The van der Waals surface area contributed by atoms with Crippen molar-refractivity contribution in [1.29, 1.82) is 0 Å². The van der Waals surface area contributed by atoms with Crippen molar-refractivity contribution in [2.75, 3.05) is 4.72 Å². The van der Waals surface area contributed by atoms with Crippen LogP contribution in [-0.4, -0.2) is 20.4 Å². The molecule has 0 bridgehead atoms. The molecule has 0 spiro atoms. The summed E-state index contributed by atoms with van der Waals surface area (Å²) in [6, 6.07) is 13.7. The molecule has 2 N–H and O–H groups in total. The summed E-state index contributed by atoms with van der Waals surface area (Å²) >= 11 is 0. The molecular formula is C20H24N2O3S. The lowest BCUT2D eigenvalue weighted by atomic mass is 10.1. The van der Waals surface area contributed by atoms with Crippen molar-refractivity contribution in [3.8, 4) is 0 Å². The van der Waals surface area contributed by atoms with E-state index in [0.29, 0.717) is 11.3 Å². The monoisotopic (exact) mass is 372 g/mol. The zero-order valence-corrected chi connectivity index (χ0v) is 15.7. The molecule has 1 aliphatic carbocycles. The Morgan fingerprint density at radius 1 is 1.08 bits per heavy atom. The average molecular weight is 372 g/mol. The third kappa shape index (κ3) is 4.25. The zero-order chi connectivity index (χ0) is 18.6. The number of hydrogen-bond donors (Lipinski definition) is 2. The van der Waals surface area contributed by atoms with Gasteiger partial charge in [0.25, 0.3) is 15.9 Å². The summed E-state index contributed by atoms with van der Waals surface area (Å²) in [5.41, 5.74) is 1.85. The SMILES string of the molecule is CCc1ccccc1NS(=O)(=O)c1cccc(C(=O)NC2CCCC2)c1. The number of carbonyl (C=O) groups excluding carboxylic acids is 1. The van der Waals surface area contributed by atoms with Gasteiger partial charge in [-0.15, -0.1) is 0 Å². The lowest BCUT2D eigenvalue weighted by Crippen LogP contribution is -2.32. The number of rotatable bonds is 6. The summed E-state index contributed by atoms with van der Waals surface area (Å²) in [6.07, 6.45) is 4.95. The molecule has 1 amide bonds. The van der Waals surface area contributed by atoms with Crippen LogP contribution in [0.1, 0.15) is 48.5 Å². The molecule has 0 aliphatic heterocycles. The maximum Gasteiger partial charge on any atom is 0.261 e. The van der Waals surface area contributed by atoms with Crippen molar-refractivity contribution in [3.63, 3.8) is 0 Å². The summed E-state index contributed by atoms with van der Waals surface area (Å²) < 4.78 is 28.1. The van der Waals surface area contributed by atoms with E-state index < -0.39 is 10.0 Å². The predicted octanol–water partition coefficient (Wildman–Crippen LogP) is 3.72. The first-order chi connectivity index (χ1) is 12.5. The molecule has 5 nitrogen and oxygen atoms in total. The van der Waals surface area contributed by atoms with E-state index in [1.807, 2.05) is 19.1 Å². The molecule has 0 unspecified atom stereocenters. The smallest absolute Gasteiger partial charge is 0.261 e. The van der Waals surface area contributed by atoms with Crippen LogP contribution in [0.3, 0.4) is 0 Å². The van der Waals surface area contributed by atoms with Gasteiger partial charge >= 0.3 is 0 Å². The Kier molecular flexibility index (Phi) is 5.61. The van der Waals surface area contributed by atoms with Crippen LogP contribution in [0.4, 0.5) is 5.69 Å². The Balaban J connectivity index is 1.80. The number of hydrogen-bond acceptors (Lipinski definition) is 3. The summed E-state index contributed by atoms with van der Waals surface area (Å²) in [5.74, 6) is -0.220. The lowest BCUT2D eigenvalue weighted by Gasteiger charge is -2.14. The molecule has 0 heterocycles. The first-order valence-corrected chi connectivity index (χ1v) is 10.5. The van der Waals surface area contributed by atoms with Gasteiger partial charge in [0.1, 0.15) is 0 Å². The first-order valence-electron chi connectivity index (χ1n) is 9.01. The summed E-state index contributed by atoms with van der Waals surface area (Å²) in [7, 11) is -3.76. The zero-order valence-electron chi connectivity index (χ0n) is 14.9. The van der Waals surface area contributed by atoms with E-state index in [9.17, 15) is 13.2 Å². The minimum absolute atomic E-state index is 0.0856. The second kappa shape index (κ2) is 7.91. The van der Waals surface area contributed by atoms with Gasteiger partial charge in [0.15, 0.2) is 0 Å². The molecule has 3 rings (SSSR count). The highest BCUT2D eigenvalue weighted by molar-refractivity contribution is 7.92. The molecule has 26 heavy (non-hydrogen) atoms. The maximum absolute atomic E-state index is 12.7. The Hall–Kier alpha value is -2.34. The quantitative estimate of drug-likeness (QED) is 0.811. The average Bonchev–Trinajstić information content (AvgIpc) is 3.15. The maximum atomic E-state index is 12.7. The Morgan fingerprint density at radius 3 is 2.54 bits per heavy atom. The number of benzene rings is 2. The van der Waals surface area contributed by atoms with Crippen LogP contribution < -0.4 is 10.0 Å². The fraction of sp³-hybridized carbons (Fsp3) is 0.350. The third-order valence-corrected chi connectivity index (χ3v) is 6.10.